The van der Waals surface area contributed by atoms with Crippen molar-refractivity contribution in [3.63, 3.8) is 0 Å². The molecule has 6 rings (SSSR count). The van der Waals surface area contributed by atoms with E-state index < -0.39 is 6.09 Å². The average molecular weight is 465 g/mol. The highest BCUT2D eigenvalue weighted by Crippen LogP contribution is 2.49. The molecule has 2 heterocycles. The molecule has 1 saturated carbocycles. The molecule has 1 aliphatic rings. The van der Waals surface area contributed by atoms with E-state index in [1.54, 1.807) is 7.05 Å². The first-order valence-corrected chi connectivity index (χ1v) is 11.7. The van der Waals surface area contributed by atoms with Crippen LogP contribution < -0.4 is 14.8 Å². The fraction of sp³-hybridized carbons (Fsp3) is 0.138. The number of H-pyrrole nitrogens is 1. The van der Waals surface area contributed by atoms with Crippen molar-refractivity contribution >= 4 is 17.1 Å². The van der Waals surface area contributed by atoms with Crippen LogP contribution in [0.3, 0.4) is 0 Å². The van der Waals surface area contributed by atoms with Gasteiger partial charge in [-0.2, -0.15) is 0 Å². The number of nitrogens with one attached hydrogen (secondary N) is 2. The van der Waals surface area contributed by atoms with Crippen molar-refractivity contribution in [1.82, 2.24) is 10.3 Å². The Hall–Kier alpha value is -4.45. The fourth-order valence-corrected chi connectivity index (χ4v) is 4.33. The van der Waals surface area contributed by atoms with Crippen molar-refractivity contribution in [3.05, 3.63) is 90.6 Å². The molecular weight excluding hydrogens is 440 g/mol. The van der Waals surface area contributed by atoms with Gasteiger partial charge in [0, 0.05) is 30.1 Å². The maximum Gasteiger partial charge on any atom is 0.412 e. The highest BCUT2D eigenvalue weighted by atomic mass is 16.6. The van der Waals surface area contributed by atoms with Gasteiger partial charge in [0.15, 0.2) is 11.5 Å². The predicted octanol–water partition coefficient (Wildman–Crippen LogP) is 7.48. The molecule has 35 heavy (non-hydrogen) atoms. The van der Waals surface area contributed by atoms with Gasteiger partial charge in [0.2, 0.25) is 0 Å². The lowest BCUT2D eigenvalue weighted by Gasteiger charge is -2.09. The molecule has 1 fully saturated rings. The van der Waals surface area contributed by atoms with Gasteiger partial charge in [0.05, 0.1) is 5.39 Å². The standard InChI is InChI=1S/C29H24N2O4/c1-30-29(32)35-28-24-16-22(18-9-10-18)23(25-8-5-15-31-25)17-26(24)34-27(28)19-11-13-21(14-12-19)33-20-6-3-2-4-7-20/h2-8,11-18,31H,9-10H2,1H3,(H,30,32). The summed E-state index contributed by atoms with van der Waals surface area (Å²) in [6, 6.07) is 25.4. The molecule has 174 valence electrons. The molecule has 6 heteroatoms. The summed E-state index contributed by atoms with van der Waals surface area (Å²) >= 11 is 0. The average Bonchev–Trinajstić information content (AvgIpc) is 3.47. The third-order valence-electron chi connectivity index (χ3n) is 6.21. The lowest BCUT2D eigenvalue weighted by atomic mass is 9.98. The van der Waals surface area contributed by atoms with E-state index in [0.717, 1.165) is 40.8 Å². The first-order chi connectivity index (χ1) is 17.2. The van der Waals surface area contributed by atoms with Gasteiger partial charge in [-0.05, 0) is 85.0 Å². The topological polar surface area (TPSA) is 76.5 Å². The van der Waals surface area contributed by atoms with Crippen molar-refractivity contribution in [3.8, 4) is 39.8 Å². The number of aromatic amines is 1. The van der Waals surface area contributed by atoms with Crippen LogP contribution in [0, 0.1) is 0 Å². The minimum absolute atomic E-state index is 0.413. The number of para-hydroxylation sites is 1. The summed E-state index contributed by atoms with van der Waals surface area (Å²) in [7, 11) is 1.54. The predicted molar refractivity (Wildman–Crippen MR) is 135 cm³/mol. The van der Waals surface area contributed by atoms with E-state index in [1.165, 1.54) is 5.56 Å². The molecule has 1 aliphatic carbocycles. The first kappa shape index (κ1) is 21.1. The number of amides is 1. The Morgan fingerprint density at radius 2 is 1.74 bits per heavy atom. The molecule has 0 bridgehead atoms. The number of hydrogen-bond acceptors (Lipinski definition) is 4. The Bertz CT molecular complexity index is 1480. The smallest absolute Gasteiger partial charge is 0.412 e. The van der Waals surface area contributed by atoms with Crippen molar-refractivity contribution in [2.75, 3.05) is 7.05 Å². The minimum Gasteiger partial charge on any atom is -0.457 e. The van der Waals surface area contributed by atoms with E-state index >= 15 is 0 Å². The van der Waals surface area contributed by atoms with E-state index in [1.807, 2.05) is 72.9 Å². The fourth-order valence-electron chi connectivity index (χ4n) is 4.33. The van der Waals surface area contributed by atoms with E-state index in [4.69, 9.17) is 13.9 Å². The van der Waals surface area contributed by atoms with Crippen LogP contribution in [0.15, 0.2) is 89.5 Å². The Balaban J connectivity index is 1.44. The van der Waals surface area contributed by atoms with Gasteiger partial charge >= 0.3 is 6.09 Å². The number of carbonyl (C=O) groups excluding carboxylic acids is 1. The second-order valence-corrected chi connectivity index (χ2v) is 8.63. The number of aromatic nitrogens is 1. The third kappa shape index (κ3) is 4.15. The number of furan rings is 1. The maximum absolute atomic E-state index is 12.2. The van der Waals surface area contributed by atoms with Crippen LogP contribution in [-0.2, 0) is 0 Å². The maximum atomic E-state index is 12.2. The normalized spacial score (nSPS) is 13.1. The van der Waals surface area contributed by atoms with Gasteiger partial charge in [0.25, 0.3) is 0 Å². The quantitative estimate of drug-likeness (QED) is 0.273. The number of fused-ring (bicyclic) bond motifs is 1. The molecule has 2 aromatic heterocycles. The molecule has 0 saturated heterocycles. The molecule has 6 nitrogen and oxygen atoms in total. The molecule has 0 unspecified atom stereocenters. The van der Waals surface area contributed by atoms with Crippen molar-refractivity contribution in [1.29, 1.82) is 0 Å². The van der Waals surface area contributed by atoms with E-state index in [9.17, 15) is 4.79 Å². The zero-order chi connectivity index (χ0) is 23.8. The third-order valence-corrected chi connectivity index (χ3v) is 6.21. The largest absolute Gasteiger partial charge is 0.457 e. The van der Waals surface area contributed by atoms with Crippen LogP contribution in [0.1, 0.15) is 24.3 Å². The van der Waals surface area contributed by atoms with Gasteiger partial charge in [-0.25, -0.2) is 4.79 Å². The second kappa shape index (κ2) is 8.72. The first-order valence-electron chi connectivity index (χ1n) is 11.7. The van der Waals surface area contributed by atoms with Crippen LogP contribution in [0.2, 0.25) is 0 Å². The summed E-state index contributed by atoms with van der Waals surface area (Å²) in [4.78, 5) is 15.6. The van der Waals surface area contributed by atoms with Crippen LogP contribution >= 0.6 is 0 Å². The molecule has 2 N–H and O–H groups in total. The molecule has 1 amide bonds. The zero-order valence-electron chi connectivity index (χ0n) is 19.2. The Labute approximate surface area is 202 Å². The van der Waals surface area contributed by atoms with E-state index in [-0.39, 0.29) is 0 Å². The summed E-state index contributed by atoms with van der Waals surface area (Å²) < 4.78 is 18.0. The Morgan fingerprint density at radius 1 is 0.971 bits per heavy atom. The van der Waals surface area contributed by atoms with Crippen molar-refractivity contribution in [2.24, 2.45) is 0 Å². The van der Waals surface area contributed by atoms with Gasteiger partial charge in [-0.15, -0.1) is 0 Å². The summed E-state index contributed by atoms with van der Waals surface area (Å²) in [5.41, 5.74) is 4.85. The van der Waals surface area contributed by atoms with E-state index in [2.05, 4.69) is 22.4 Å². The lowest BCUT2D eigenvalue weighted by molar-refractivity contribution is 0.203. The van der Waals surface area contributed by atoms with Crippen molar-refractivity contribution < 1.29 is 18.7 Å². The summed E-state index contributed by atoms with van der Waals surface area (Å²) in [5.74, 6) is 2.88. The molecular formula is C29H24N2O4. The van der Waals surface area contributed by atoms with Gasteiger partial charge in [0.1, 0.15) is 17.1 Å². The monoisotopic (exact) mass is 464 g/mol. The number of rotatable bonds is 6. The van der Waals surface area contributed by atoms with E-state index in [0.29, 0.717) is 28.8 Å². The number of hydrogen-bond donors (Lipinski definition) is 2. The van der Waals surface area contributed by atoms with Crippen LogP contribution in [0.25, 0.3) is 33.6 Å². The molecule has 0 radical (unpaired) electrons. The summed E-state index contributed by atoms with van der Waals surface area (Å²) in [5, 5.41) is 3.32. The van der Waals surface area contributed by atoms with Crippen LogP contribution in [0.5, 0.6) is 17.2 Å². The molecule has 3 aromatic carbocycles. The molecule has 0 aliphatic heterocycles. The highest BCUT2D eigenvalue weighted by Gasteiger charge is 2.30. The summed E-state index contributed by atoms with van der Waals surface area (Å²) in [6.07, 6.45) is 3.68. The Morgan fingerprint density at radius 3 is 2.43 bits per heavy atom. The van der Waals surface area contributed by atoms with Crippen molar-refractivity contribution in [2.45, 2.75) is 18.8 Å². The summed E-state index contributed by atoms with van der Waals surface area (Å²) in [6.45, 7) is 0. The zero-order valence-corrected chi connectivity index (χ0v) is 19.2. The number of carbonyl (C=O) groups is 1. The van der Waals surface area contributed by atoms with Gasteiger partial charge < -0.3 is 24.2 Å². The minimum atomic E-state index is -0.542. The molecule has 0 spiro atoms. The lowest BCUT2D eigenvalue weighted by Crippen LogP contribution is -2.22. The SMILES string of the molecule is CNC(=O)Oc1c(-c2ccc(Oc3ccccc3)cc2)oc2cc(-c3ccc[nH]3)c(C3CC3)cc12. The van der Waals surface area contributed by atoms with Crippen LogP contribution in [-0.4, -0.2) is 18.1 Å². The molecule has 5 aromatic rings. The van der Waals surface area contributed by atoms with Crippen LogP contribution in [0.4, 0.5) is 4.79 Å². The number of benzene rings is 3. The number of ether oxygens (including phenoxy) is 2. The molecule has 0 atom stereocenters. The highest BCUT2D eigenvalue weighted by molar-refractivity contribution is 5.97. The Kier molecular flexibility index (Phi) is 5.26. The second-order valence-electron chi connectivity index (χ2n) is 8.63. The van der Waals surface area contributed by atoms with Gasteiger partial charge in [-0.1, -0.05) is 18.2 Å². The van der Waals surface area contributed by atoms with Gasteiger partial charge in [-0.3, -0.25) is 0 Å².